The van der Waals surface area contributed by atoms with Crippen molar-refractivity contribution in [3.8, 4) is 0 Å². The van der Waals surface area contributed by atoms with E-state index in [-0.39, 0.29) is 17.7 Å². The molecule has 27 heavy (non-hydrogen) atoms. The minimum absolute atomic E-state index is 0.00673. The molecule has 1 N–H and O–H groups in total. The number of nitrogens with one attached hydrogen (secondary N) is 1. The molecule has 8 nitrogen and oxygen atoms in total. The summed E-state index contributed by atoms with van der Waals surface area (Å²) in [5.74, 6) is 1.06. The van der Waals surface area contributed by atoms with Gasteiger partial charge in [0, 0.05) is 57.7 Å². The summed E-state index contributed by atoms with van der Waals surface area (Å²) < 4.78 is 0. The maximum absolute atomic E-state index is 13.0. The Labute approximate surface area is 159 Å². The predicted octanol–water partition coefficient (Wildman–Crippen LogP) is 0.116. The molecule has 1 unspecified atom stereocenters. The molecule has 1 atom stereocenters. The fraction of sp³-hybridized carbons (Fsp3) is 0.684. The van der Waals surface area contributed by atoms with Crippen LogP contribution in [0.15, 0.2) is 18.5 Å². The Kier molecular flexibility index (Phi) is 5.52. The maximum Gasteiger partial charge on any atom is 0.234 e. The molecule has 2 saturated heterocycles. The van der Waals surface area contributed by atoms with Gasteiger partial charge in [-0.25, -0.2) is 9.97 Å². The van der Waals surface area contributed by atoms with Gasteiger partial charge in [-0.1, -0.05) is 0 Å². The second-order valence-electron chi connectivity index (χ2n) is 7.78. The topological polar surface area (TPSA) is 81.7 Å². The second-order valence-corrected chi connectivity index (χ2v) is 7.78. The summed E-state index contributed by atoms with van der Waals surface area (Å²) in [5.41, 5.74) is 0. The number of aromatic nitrogens is 2. The highest BCUT2D eigenvalue weighted by molar-refractivity contribution is 5.80. The van der Waals surface area contributed by atoms with E-state index in [0.29, 0.717) is 38.2 Å². The number of carbonyl (C=O) groups excluding carboxylic acids is 2. The first-order valence-corrected chi connectivity index (χ1v) is 10.0. The molecule has 0 bridgehead atoms. The molecule has 1 aromatic heterocycles. The average molecular weight is 372 g/mol. The van der Waals surface area contributed by atoms with E-state index < -0.39 is 0 Å². The molecule has 1 saturated carbocycles. The van der Waals surface area contributed by atoms with E-state index in [9.17, 15) is 9.59 Å². The van der Waals surface area contributed by atoms with E-state index in [1.807, 2.05) is 4.90 Å². The number of carbonyl (C=O) groups is 2. The molecule has 3 fully saturated rings. The van der Waals surface area contributed by atoms with Crippen LogP contribution in [0.4, 0.5) is 5.95 Å². The maximum atomic E-state index is 13.0. The Morgan fingerprint density at radius 3 is 2.48 bits per heavy atom. The summed E-state index contributed by atoms with van der Waals surface area (Å²) in [6.45, 7) is 4.97. The van der Waals surface area contributed by atoms with Crippen LogP contribution in [-0.4, -0.2) is 83.4 Å². The lowest BCUT2D eigenvalue weighted by atomic mass is 9.96. The zero-order valence-corrected chi connectivity index (χ0v) is 15.7. The highest BCUT2D eigenvalue weighted by atomic mass is 16.2. The highest BCUT2D eigenvalue weighted by Crippen LogP contribution is 2.22. The van der Waals surface area contributed by atoms with Gasteiger partial charge in [0.1, 0.15) is 0 Å². The molecule has 2 amide bonds. The summed E-state index contributed by atoms with van der Waals surface area (Å²) in [6.07, 6.45) is 7.61. The molecule has 0 spiro atoms. The molecule has 4 rings (SSSR count). The molecule has 146 valence electrons. The SMILES string of the molecule is O=C(CN1CCN(C(=O)C2CCCN(c3ncccn3)C2)CC1)NC1CC1. The van der Waals surface area contributed by atoms with Gasteiger partial charge in [-0.3, -0.25) is 14.5 Å². The smallest absolute Gasteiger partial charge is 0.234 e. The monoisotopic (exact) mass is 372 g/mol. The van der Waals surface area contributed by atoms with Crippen molar-refractivity contribution in [1.29, 1.82) is 0 Å². The third-order valence-corrected chi connectivity index (χ3v) is 5.60. The first-order chi connectivity index (χ1) is 13.2. The molecule has 1 aliphatic carbocycles. The molecule has 2 aliphatic heterocycles. The van der Waals surface area contributed by atoms with Crippen LogP contribution in [0.2, 0.25) is 0 Å². The van der Waals surface area contributed by atoms with Crippen LogP contribution in [0.25, 0.3) is 0 Å². The van der Waals surface area contributed by atoms with Crippen LogP contribution < -0.4 is 10.2 Å². The van der Waals surface area contributed by atoms with Crippen molar-refractivity contribution in [2.24, 2.45) is 5.92 Å². The van der Waals surface area contributed by atoms with E-state index in [1.165, 1.54) is 0 Å². The second kappa shape index (κ2) is 8.21. The van der Waals surface area contributed by atoms with E-state index >= 15 is 0 Å². The lowest BCUT2D eigenvalue weighted by molar-refractivity contribution is -0.137. The summed E-state index contributed by atoms with van der Waals surface area (Å²) in [6, 6.07) is 2.21. The van der Waals surface area contributed by atoms with Gasteiger partial charge in [0.2, 0.25) is 17.8 Å². The number of piperidine rings is 1. The van der Waals surface area contributed by atoms with Gasteiger partial charge in [0.05, 0.1) is 12.5 Å². The summed E-state index contributed by atoms with van der Waals surface area (Å²) >= 11 is 0. The summed E-state index contributed by atoms with van der Waals surface area (Å²) in [4.78, 5) is 39.8. The molecule has 3 aliphatic rings. The lowest BCUT2D eigenvalue weighted by Crippen LogP contribution is -2.54. The van der Waals surface area contributed by atoms with E-state index in [1.54, 1.807) is 18.5 Å². The number of piperazine rings is 1. The number of hydrogen-bond donors (Lipinski definition) is 1. The number of hydrogen-bond acceptors (Lipinski definition) is 6. The van der Waals surface area contributed by atoms with Gasteiger partial charge >= 0.3 is 0 Å². The van der Waals surface area contributed by atoms with Gasteiger partial charge in [-0.2, -0.15) is 0 Å². The molecule has 0 radical (unpaired) electrons. The van der Waals surface area contributed by atoms with Gasteiger partial charge in [0.15, 0.2) is 0 Å². The van der Waals surface area contributed by atoms with Crippen molar-refractivity contribution in [3.63, 3.8) is 0 Å². The Morgan fingerprint density at radius 1 is 1.04 bits per heavy atom. The number of nitrogens with zero attached hydrogens (tertiary/aromatic N) is 5. The molecule has 1 aromatic rings. The standard InChI is InChI=1S/C19H28N6O2/c26-17(22-16-4-5-16)14-23-9-11-24(12-10-23)18(27)15-3-1-8-25(13-15)19-20-6-2-7-21-19/h2,6-7,15-16H,1,3-5,8-14H2,(H,22,26). The molecule has 3 heterocycles. The highest BCUT2D eigenvalue weighted by Gasteiger charge is 2.32. The van der Waals surface area contributed by atoms with Crippen LogP contribution in [0, 0.1) is 5.92 Å². The molecular weight excluding hydrogens is 344 g/mol. The number of anilines is 1. The van der Waals surface area contributed by atoms with Crippen molar-refractivity contribution in [2.75, 3.05) is 50.7 Å². The van der Waals surface area contributed by atoms with E-state index in [2.05, 4.69) is 25.1 Å². The Balaban J connectivity index is 1.25. The van der Waals surface area contributed by atoms with Crippen LogP contribution >= 0.6 is 0 Å². The van der Waals surface area contributed by atoms with Crippen molar-refractivity contribution >= 4 is 17.8 Å². The fourth-order valence-corrected chi connectivity index (χ4v) is 3.90. The summed E-state index contributed by atoms with van der Waals surface area (Å²) in [7, 11) is 0. The number of amides is 2. The van der Waals surface area contributed by atoms with Gasteiger partial charge in [-0.05, 0) is 31.7 Å². The van der Waals surface area contributed by atoms with Gasteiger partial charge < -0.3 is 15.1 Å². The Hall–Kier alpha value is -2.22. The van der Waals surface area contributed by atoms with Crippen molar-refractivity contribution in [3.05, 3.63) is 18.5 Å². The fourth-order valence-electron chi connectivity index (χ4n) is 3.90. The van der Waals surface area contributed by atoms with Crippen LogP contribution in [-0.2, 0) is 9.59 Å². The Morgan fingerprint density at radius 2 is 1.78 bits per heavy atom. The number of rotatable bonds is 5. The molecular formula is C19H28N6O2. The first-order valence-electron chi connectivity index (χ1n) is 10.0. The minimum Gasteiger partial charge on any atom is -0.352 e. The quantitative estimate of drug-likeness (QED) is 0.790. The first kappa shape index (κ1) is 18.2. The largest absolute Gasteiger partial charge is 0.352 e. The van der Waals surface area contributed by atoms with E-state index in [0.717, 1.165) is 45.3 Å². The molecule has 0 aromatic carbocycles. The van der Waals surface area contributed by atoms with Crippen LogP contribution in [0.3, 0.4) is 0 Å². The summed E-state index contributed by atoms with van der Waals surface area (Å²) in [5, 5.41) is 3.03. The van der Waals surface area contributed by atoms with Gasteiger partial charge in [-0.15, -0.1) is 0 Å². The van der Waals surface area contributed by atoms with Gasteiger partial charge in [0.25, 0.3) is 0 Å². The molecule has 8 heteroatoms. The lowest BCUT2D eigenvalue weighted by Gasteiger charge is -2.38. The third-order valence-electron chi connectivity index (χ3n) is 5.60. The van der Waals surface area contributed by atoms with Crippen LogP contribution in [0.1, 0.15) is 25.7 Å². The van der Waals surface area contributed by atoms with Crippen LogP contribution in [0.5, 0.6) is 0 Å². The average Bonchev–Trinajstić information content (AvgIpc) is 3.52. The van der Waals surface area contributed by atoms with Crippen molar-refractivity contribution in [1.82, 2.24) is 25.1 Å². The predicted molar refractivity (Wildman–Crippen MR) is 101 cm³/mol. The zero-order chi connectivity index (χ0) is 18.6. The van der Waals surface area contributed by atoms with Crippen molar-refractivity contribution in [2.45, 2.75) is 31.7 Å². The Bertz CT molecular complexity index is 657. The third kappa shape index (κ3) is 4.74. The van der Waals surface area contributed by atoms with E-state index in [4.69, 9.17) is 0 Å². The van der Waals surface area contributed by atoms with Crippen molar-refractivity contribution < 1.29 is 9.59 Å². The normalized spacial score (nSPS) is 23.9. The minimum atomic E-state index is 0.00673. The zero-order valence-electron chi connectivity index (χ0n) is 15.7.